The summed E-state index contributed by atoms with van der Waals surface area (Å²) in [5.41, 5.74) is 6.09. The van der Waals surface area contributed by atoms with E-state index in [1.165, 1.54) is 19.3 Å². The lowest BCUT2D eigenvalue weighted by Crippen LogP contribution is -2.55. The average Bonchev–Trinajstić information content (AvgIpc) is 2.24. The predicted octanol–water partition coefficient (Wildman–Crippen LogP) is 1.20. The maximum atomic E-state index is 5.86. The third kappa shape index (κ3) is 1.13. The Morgan fingerprint density at radius 3 is 2.77 bits per heavy atom. The number of guanidine groups is 1. The molecule has 1 unspecified atom stereocenters. The van der Waals surface area contributed by atoms with Crippen molar-refractivity contribution in [3.8, 4) is 0 Å². The molecular weight excluding hydrogens is 162 g/mol. The lowest BCUT2D eigenvalue weighted by atomic mass is 9.71. The third-order valence-corrected chi connectivity index (χ3v) is 3.76. The molecule has 2 rings (SSSR count). The van der Waals surface area contributed by atoms with E-state index in [4.69, 9.17) is 5.73 Å². The van der Waals surface area contributed by atoms with Crippen molar-refractivity contribution in [2.24, 2.45) is 16.6 Å². The van der Waals surface area contributed by atoms with Gasteiger partial charge < -0.3 is 10.6 Å². The van der Waals surface area contributed by atoms with Crippen molar-refractivity contribution in [2.75, 3.05) is 13.1 Å². The molecule has 0 aromatic heterocycles. The fourth-order valence-electron chi connectivity index (χ4n) is 2.58. The van der Waals surface area contributed by atoms with Gasteiger partial charge in [0.05, 0.1) is 12.1 Å². The molecule has 3 heteroatoms. The minimum absolute atomic E-state index is 0.233. The molecule has 1 fully saturated rings. The largest absolute Gasteiger partial charge is 0.370 e. The maximum Gasteiger partial charge on any atom is 0.191 e. The van der Waals surface area contributed by atoms with Crippen molar-refractivity contribution in [1.82, 2.24) is 4.90 Å². The summed E-state index contributed by atoms with van der Waals surface area (Å²) in [5.74, 6) is 1.56. The van der Waals surface area contributed by atoms with E-state index in [0.717, 1.165) is 25.0 Å². The summed E-state index contributed by atoms with van der Waals surface area (Å²) in [6, 6.07) is 0. The topological polar surface area (TPSA) is 41.6 Å². The Balaban J connectivity index is 2.14. The van der Waals surface area contributed by atoms with Gasteiger partial charge in [0, 0.05) is 6.54 Å². The number of nitrogens with zero attached hydrogens (tertiary/aromatic N) is 2. The number of hydrogen-bond donors (Lipinski definition) is 1. The van der Waals surface area contributed by atoms with E-state index < -0.39 is 0 Å². The standard InChI is InChI=1S/C10H19N3/c1-3-13-9(11)12-7-10(13,2)8-5-4-6-8/h8H,3-7H2,1-2H3,(H2,11,12). The van der Waals surface area contributed by atoms with Gasteiger partial charge in [-0.15, -0.1) is 0 Å². The molecule has 0 radical (unpaired) electrons. The predicted molar refractivity (Wildman–Crippen MR) is 54.6 cm³/mol. The monoisotopic (exact) mass is 181 g/mol. The molecule has 0 amide bonds. The van der Waals surface area contributed by atoms with Gasteiger partial charge in [-0.2, -0.15) is 0 Å². The van der Waals surface area contributed by atoms with E-state index in [1.54, 1.807) is 0 Å². The molecule has 13 heavy (non-hydrogen) atoms. The van der Waals surface area contributed by atoms with Crippen LogP contribution in [0.3, 0.4) is 0 Å². The van der Waals surface area contributed by atoms with Crippen LogP contribution in [-0.2, 0) is 0 Å². The second-order valence-corrected chi connectivity index (χ2v) is 4.40. The molecule has 3 nitrogen and oxygen atoms in total. The van der Waals surface area contributed by atoms with E-state index in [2.05, 4.69) is 23.7 Å². The summed E-state index contributed by atoms with van der Waals surface area (Å²) in [4.78, 5) is 6.64. The number of aliphatic imine (C=N–C) groups is 1. The summed E-state index contributed by atoms with van der Waals surface area (Å²) < 4.78 is 0. The summed E-state index contributed by atoms with van der Waals surface area (Å²) in [7, 11) is 0. The SMILES string of the molecule is CCN1C(N)=NCC1(C)C1CCC1. The number of likely N-dealkylation sites (N-methyl/N-ethyl adjacent to an activating group) is 1. The summed E-state index contributed by atoms with van der Waals surface area (Å²) >= 11 is 0. The Hall–Kier alpha value is -0.730. The zero-order valence-electron chi connectivity index (χ0n) is 8.58. The van der Waals surface area contributed by atoms with Gasteiger partial charge in [-0.25, -0.2) is 0 Å². The summed E-state index contributed by atoms with van der Waals surface area (Å²) in [5, 5.41) is 0. The minimum atomic E-state index is 0.233. The van der Waals surface area contributed by atoms with Crippen molar-refractivity contribution < 1.29 is 0 Å². The summed E-state index contributed by atoms with van der Waals surface area (Å²) in [6.45, 7) is 6.36. The van der Waals surface area contributed by atoms with Gasteiger partial charge in [0.25, 0.3) is 0 Å². The van der Waals surface area contributed by atoms with Crippen LogP contribution in [0.15, 0.2) is 4.99 Å². The molecule has 1 saturated carbocycles. The van der Waals surface area contributed by atoms with Crippen LogP contribution in [0.4, 0.5) is 0 Å². The lowest BCUT2D eigenvalue weighted by Gasteiger charge is -2.46. The number of nitrogens with two attached hydrogens (primary N) is 1. The molecular formula is C10H19N3. The van der Waals surface area contributed by atoms with Gasteiger partial charge in [0.2, 0.25) is 0 Å². The van der Waals surface area contributed by atoms with Crippen LogP contribution in [-0.4, -0.2) is 29.5 Å². The first-order chi connectivity index (χ1) is 6.18. The van der Waals surface area contributed by atoms with Crippen LogP contribution in [0.1, 0.15) is 33.1 Å². The lowest BCUT2D eigenvalue weighted by molar-refractivity contribution is 0.0844. The molecule has 0 saturated heterocycles. The molecule has 74 valence electrons. The normalized spacial score (nSPS) is 34.6. The van der Waals surface area contributed by atoms with Gasteiger partial charge >= 0.3 is 0 Å². The second kappa shape index (κ2) is 2.89. The Morgan fingerprint density at radius 2 is 2.31 bits per heavy atom. The van der Waals surface area contributed by atoms with Gasteiger partial charge in [0.1, 0.15) is 0 Å². The Morgan fingerprint density at radius 1 is 1.62 bits per heavy atom. The van der Waals surface area contributed by atoms with E-state index in [0.29, 0.717) is 0 Å². The van der Waals surface area contributed by atoms with Crippen molar-refractivity contribution in [3.63, 3.8) is 0 Å². The highest BCUT2D eigenvalue weighted by atomic mass is 15.4. The first kappa shape index (κ1) is 8.85. The molecule has 0 spiro atoms. The molecule has 1 heterocycles. The van der Waals surface area contributed by atoms with Crippen molar-refractivity contribution >= 4 is 5.96 Å². The fourth-order valence-corrected chi connectivity index (χ4v) is 2.58. The van der Waals surface area contributed by atoms with Crippen LogP contribution in [0.5, 0.6) is 0 Å². The number of hydrogen-bond acceptors (Lipinski definition) is 3. The molecule has 1 aliphatic carbocycles. The zero-order valence-corrected chi connectivity index (χ0v) is 8.58. The molecule has 2 aliphatic rings. The molecule has 0 bridgehead atoms. The fraction of sp³-hybridized carbons (Fsp3) is 0.900. The molecule has 0 aromatic rings. The van der Waals surface area contributed by atoms with E-state index in [1.807, 2.05) is 0 Å². The molecule has 1 aliphatic heterocycles. The molecule has 1 atom stereocenters. The second-order valence-electron chi connectivity index (χ2n) is 4.40. The average molecular weight is 181 g/mol. The van der Waals surface area contributed by atoms with Crippen LogP contribution in [0.2, 0.25) is 0 Å². The van der Waals surface area contributed by atoms with Crippen LogP contribution < -0.4 is 5.73 Å². The Bertz CT molecular complexity index is 232. The van der Waals surface area contributed by atoms with Crippen LogP contribution >= 0.6 is 0 Å². The third-order valence-electron chi connectivity index (χ3n) is 3.76. The highest BCUT2D eigenvalue weighted by molar-refractivity contribution is 5.81. The van der Waals surface area contributed by atoms with Crippen molar-refractivity contribution in [2.45, 2.75) is 38.6 Å². The van der Waals surface area contributed by atoms with Gasteiger partial charge in [-0.3, -0.25) is 4.99 Å². The van der Waals surface area contributed by atoms with Crippen LogP contribution in [0.25, 0.3) is 0 Å². The maximum absolute atomic E-state index is 5.86. The van der Waals surface area contributed by atoms with Gasteiger partial charge in [-0.05, 0) is 32.6 Å². The number of rotatable bonds is 2. The highest BCUT2D eigenvalue weighted by Gasteiger charge is 2.45. The zero-order chi connectivity index (χ0) is 9.47. The first-order valence-corrected chi connectivity index (χ1v) is 5.26. The smallest absolute Gasteiger partial charge is 0.191 e. The highest BCUT2D eigenvalue weighted by Crippen LogP contribution is 2.41. The van der Waals surface area contributed by atoms with Gasteiger partial charge in [-0.1, -0.05) is 6.42 Å². The van der Waals surface area contributed by atoms with E-state index >= 15 is 0 Å². The van der Waals surface area contributed by atoms with Crippen molar-refractivity contribution in [3.05, 3.63) is 0 Å². The van der Waals surface area contributed by atoms with E-state index in [-0.39, 0.29) is 5.54 Å². The quantitative estimate of drug-likeness (QED) is 0.695. The molecule has 0 aromatic carbocycles. The van der Waals surface area contributed by atoms with E-state index in [9.17, 15) is 0 Å². The van der Waals surface area contributed by atoms with Gasteiger partial charge in [0.15, 0.2) is 5.96 Å². The molecule has 2 N–H and O–H groups in total. The Kier molecular flexibility index (Phi) is 1.97. The Labute approximate surface area is 80.0 Å². The summed E-state index contributed by atoms with van der Waals surface area (Å²) in [6.07, 6.45) is 4.10. The van der Waals surface area contributed by atoms with Crippen molar-refractivity contribution in [1.29, 1.82) is 0 Å². The van der Waals surface area contributed by atoms with Crippen LogP contribution in [0, 0.1) is 5.92 Å². The first-order valence-electron chi connectivity index (χ1n) is 5.26. The minimum Gasteiger partial charge on any atom is -0.370 e.